The molecular formula is C16H24N2O3. The molecule has 1 amide bonds. The first-order valence-corrected chi connectivity index (χ1v) is 7.31. The van der Waals surface area contributed by atoms with E-state index in [4.69, 9.17) is 9.94 Å². The number of nitrogens with one attached hydrogen (secondary N) is 1. The summed E-state index contributed by atoms with van der Waals surface area (Å²) in [6, 6.07) is 7.60. The summed E-state index contributed by atoms with van der Waals surface area (Å²) in [6.07, 6.45) is 3.57. The highest BCUT2D eigenvalue weighted by Crippen LogP contribution is 2.13. The molecule has 0 fully saturated rings. The van der Waals surface area contributed by atoms with E-state index in [1.54, 1.807) is 6.92 Å². The first kappa shape index (κ1) is 17.0. The van der Waals surface area contributed by atoms with E-state index in [0.717, 1.165) is 31.2 Å². The molecule has 1 aromatic rings. The third-order valence-corrected chi connectivity index (χ3v) is 3.09. The minimum absolute atomic E-state index is 0.0410. The van der Waals surface area contributed by atoms with Gasteiger partial charge in [-0.1, -0.05) is 30.6 Å². The van der Waals surface area contributed by atoms with E-state index in [1.165, 1.54) is 0 Å². The molecule has 0 aliphatic carbocycles. The normalized spacial score (nSPS) is 11.2. The highest BCUT2D eigenvalue weighted by molar-refractivity contribution is 5.81. The van der Waals surface area contributed by atoms with Crippen LogP contribution in [0, 0.1) is 0 Å². The molecule has 0 radical (unpaired) electrons. The number of rotatable bonds is 9. The van der Waals surface area contributed by atoms with Crippen molar-refractivity contribution in [2.45, 2.75) is 39.5 Å². The predicted octanol–water partition coefficient (Wildman–Crippen LogP) is 2.76. The van der Waals surface area contributed by atoms with Crippen molar-refractivity contribution < 1.29 is 14.7 Å². The Morgan fingerprint density at radius 3 is 2.67 bits per heavy atom. The summed E-state index contributed by atoms with van der Waals surface area (Å²) in [5.74, 6) is 0.583. The number of hydrogen-bond donors (Lipinski definition) is 2. The van der Waals surface area contributed by atoms with Crippen molar-refractivity contribution in [2.24, 2.45) is 5.16 Å². The zero-order chi connectivity index (χ0) is 15.5. The van der Waals surface area contributed by atoms with E-state index in [0.29, 0.717) is 18.0 Å². The van der Waals surface area contributed by atoms with E-state index >= 15 is 0 Å². The number of ether oxygens (including phenoxy) is 1. The van der Waals surface area contributed by atoms with Gasteiger partial charge >= 0.3 is 0 Å². The van der Waals surface area contributed by atoms with Crippen LogP contribution in [0.15, 0.2) is 29.4 Å². The van der Waals surface area contributed by atoms with Gasteiger partial charge in [-0.25, -0.2) is 0 Å². The summed E-state index contributed by atoms with van der Waals surface area (Å²) in [5, 5.41) is 14.5. The molecule has 0 heterocycles. The number of unbranched alkanes of at least 4 members (excludes halogenated alkanes) is 1. The molecule has 2 N–H and O–H groups in total. The third-order valence-electron chi connectivity index (χ3n) is 3.09. The number of benzene rings is 1. The zero-order valence-electron chi connectivity index (χ0n) is 12.8. The lowest BCUT2D eigenvalue weighted by atomic mass is 10.1. The summed E-state index contributed by atoms with van der Waals surface area (Å²) >= 11 is 0. The number of nitrogens with zero attached hydrogens (tertiary/aromatic N) is 1. The van der Waals surface area contributed by atoms with E-state index < -0.39 is 0 Å². The van der Waals surface area contributed by atoms with Gasteiger partial charge in [-0.3, -0.25) is 4.79 Å². The number of amides is 1. The summed E-state index contributed by atoms with van der Waals surface area (Å²) in [7, 11) is 0. The Morgan fingerprint density at radius 2 is 2.05 bits per heavy atom. The van der Waals surface area contributed by atoms with Gasteiger partial charge < -0.3 is 15.3 Å². The van der Waals surface area contributed by atoms with Crippen molar-refractivity contribution in [2.75, 3.05) is 13.2 Å². The first-order chi connectivity index (χ1) is 10.2. The maximum Gasteiger partial charge on any atom is 0.257 e. The smallest absolute Gasteiger partial charge is 0.257 e. The molecule has 5 nitrogen and oxygen atoms in total. The molecule has 0 atom stereocenters. The van der Waals surface area contributed by atoms with Gasteiger partial charge in [0.2, 0.25) is 0 Å². The Morgan fingerprint density at radius 1 is 1.33 bits per heavy atom. The molecule has 1 rings (SSSR count). The highest BCUT2D eigenvalue weighted by atomic mass is 16.5. The maximum absolute atomic E-state index is 11.5. The second-order valence-electron chi connectivity index (χ2n) is 4.97. The van der Waals surface area contributed by atoms with Gasteiger partial charge in [0.1, 0.15) is 5.75 Å². The molecule has 0 spiro atoms. The molecule has 0 aromatic heterocycles. The number of carbonyl (C=O) groups excluding carboxylic acids is 1. The van der Waals surface area contributed by atoms with Gasteiger partial charge in [-0.15, -0.1) is 0 Å². The van der Waals surface area contributed by atoms with Crippen LogP contribution in [0.5, 0.6) is 5.75 Å². The summed E-state index contributed by atoms with van der Waals surface area (Å²) in [4.78, 5) is 11.5. The lowest BCUT2D eigenvalue weighted by Crippen LogP contribution is -2.29. The minimum atomic E-state index is -0.0951. The SMILES string of the molecule is CCCCNC(=O)COc1ccc(CCC(C)=NO)cc1. The average molecular weight is 292 g/mol. The molecule has 0 bridgehead atoms. The standard InChI is InChI=1S/C16H24N2O3/c1-3-4-11-17-16(19)12-21-15-9-7-14(8-10-15)6-5-13(2)18-20/h7-10,20H,3-6,11-12H2,1-2H3,(H,17,19). The number of carbonyl (C=O) groups is 1. The largest absolute Gasteiger partial charge is 0.484 e. The highest BCUT2D eigenvalue weighted by Gasteiger charge is 2.02. The van der Waals surface area contributed by atoms with Crippen molar-refractivity contribution in [1.82, 2.24) is 5.32 Å². The van der Waals surface area contributed by atoms with Crippen molar-refractivity contribution in [3.05, 3.63) is 29.8 Å². The predicted molar refractivity (Wildman–Crippen MR) is 83.1 cm³/mol. The van der Waals surface area contributed by atoms with Gasteiger partial charge in [0.15, 0.2) is 6.61 Å². The number of hydrogen-bond acceptors (Lipinski definition) is 4. The monoisotopic (exact) mass is 292 g/mol. The lowest BCUT2D eigenvalue weighted by molar-refractivity contribution is -0.123. The van der Waals surface area contributed by atoms with Crippen LogP contribution < -0.4 is 10.1 Å². The molecule has 0 unspecified atom stereocenters. The van der Waals surface area contributed by atoms with E-state index in [9.17, 15) is 4.79 Å². The molecular weight excluding hydrogens is 268 g/mol. The van der Waals surface area contributed by atoms with Crippen molar-refractivity contribution in [1.29, 1.82) is 0 Å². The van der Waals surface area contributed by atoms with Gasteiger partial charge in [0.05, 0.1) is 5.71 Å². The van der Waals surface area contributed by atoms with Crippen LogP contribution in [0.1, 0.15) is 38.7 Å². The molecule has 0 aliphatic heterocycles. The van der Waals surface area contributed by atoms with Crippen LogP contribution in [-0.4, -0.2) is 30.0 Å². The molecule has 21 heavy (non-hydrogen) atoms. The maximum atomic E-state index is 11.5. The summed E-state index contributed by atoms with van der Waals surface area (Å²) < 4.78 is 5.42. The molecule has 0 aliphatic rings. The Bertz CT molecular complexity index is 455. The third kappa shape index (κ3) is 7.34. The molecule has 5 heteroatoms. The number of aryl methyl sites for hydroxylation is 1. The van der Waals surface area contributed by atoms with E-state index in [-0.39, 0.29) is 12.5 Å². The van der Waals surface area contributed by atoms with Crippen molar-refractivity contribution >= 4 is 11.6 Å². The second-order valence-corrected chi connectivity index (χ2v) is 4.97. The fraction of sp³-hybridized carbons (Fsp3) is 0.500. The van der Waals surface area contributed by atoms with Crippen molar-refractivity contribution in [3.63, 3.8) is 0 Å². The van der Waals surface area contributed by atoms with Crippen LogP contribution in [0.25, 0.3) is 0 Å². The van der Waals surface area contributed by atoms with Crippen LogP contribution in [-0.2, 0) is 11.2 Å². The fourth-order valence-corrected chi connectivity index (χ4v) is 1.73. The van der Waals surface area contributed by atoms with E-state index in [2.05, 4.69) is 17.4 Å². The van der Waals surface area contributed by atoms with Gasteiger partial charge in [-0.2, -0.15) is 0 Å². The molecule has 0 saturated carbocycles. The zero-order valence-corrected chi connectivity index (χ0v) is 12.8. The van der Waals surface area contributed by atoms with Crippen LogP contribution >= 0.6 is 0 Å². The summed E-state index contributed by atoms with van der Waals surface area (Å²) in [5.41, 5.74) is 1.84. The second kappa shape index (κ2) is 9.80. The van der Waals surface area contributed by atoms with Crippen LogP contribution in [0.2, 0.25) is 0 Å². The Balaban J connectivity index is 2.32. The number of oxime groups is 1. The average Bonchev–Trinajstić information content (AvgIpc) is 2.51. The fourth-order valence-electron chi connectivity index (χ4n) is 1.73. The lowest BCUT2D eigenvalue weighted by Gasteiger charge is -2.08. The Hall–Kier alpha value is -2.04. The quantitative estimate of drug-likeness (QED) is 0.318. The Kier molecular flexibility index (Phi) is 7.94. The Labute approximate surface area is 126 Å². The van der Waals surface area contributed by atoms with Gasteiger partial charge in [0, 0.05) is 6.54 Å². The topological polar surface area (TPSA) is 70.9 Å². The van der Waals surface area contributed by atoms with Crippen molar-refractivity contribution in [3.8, 4) is 5.75 Å². The summed E-state index contributed by atoms with van der Waals surface area (Å²) in [6.45, 7) is 4.61. The molecule has 116 valence electrons. The molecule has 1 aromatic carbocycles. The minimum Gasteiger partial charge on any atom is -0.484 e. The van der Waals surface area contributed by atoms with E-state index in [1.807, 2.05) is 24.3 Å². The van der Waals surface area contributed by atoms with Crippen LogP contribution in [0.4, 0.5) is 0 Å². The van der Waals surface area contributed by atoms with Crippen LogP contribution in [0.3, 0.4) is 0 Å². The molecule has 0 saturated heterocycles. The van der Waals surface area contributed by atoms with Gasteiger partial charge in [-0.05, 0) is 43.9 Å². The first-order valence-electron chi connectivity index (χ1n) is 7.31. The van der Waals surface area contributed by atoms with Gasteiger partial charge in [0.25, 0.3) is 5.91 Å².